The molecule has 4 amide bonds. The highest BCUT2D eigenvalue weighted by Gasteiger charge is 2.37. The first-order valence-electron chi connectivity index (χ1n) is 9.02. The highest BCUT2D eigenvalue weighted by Crippen LogP contribution is 2.37. The molecule has 2 N–H and O–H groups in total. The first-order valence-corrected chi connectivity index (χ1v) is 9.78. The molecular formula is C21H16Cl2N2O7. The zero-order valence-corrected chi connectivity index (χ0v) is 18.3. The summed E-state index contributed by atoms with van der Waals surface area (Å²) in [5.41, 5.74) is 0.661. The Morgan fingerprint density at radius 3 is 2.56 bits per heavy atom. The number of carboxylic acids is 1. The summed E-state index contributed by atoms with van der Waals surface area (Å²) in [6, 6.07) is 6.57. The summed E-state index contributed by atoms with van der Waals surface area (Å²) in [4.78, 5) is 49.5. The van der Waals surface area contributed by atoms with E-state index in [9.17, 15) is 19.2 Å². The molecule has 0 radical (unpaired) electrons. The van der Waals surface area contributed by atoms with E-state index in [4.69, 9.17) is 37.8 Å². The summed E-state index contributed by atoms with van der Waals surface area (Å²) < 4.78 is 10.3. The Balaban J connectivity index is 2.03. The lowest BCUT2D eigenvalue weighted by Gasteiger charge is -2.27. The van der Waals surface area contributed by atoms with Gasteiger partial charge in [0.25, 0.3) is 11.8 Å². The van der Waals surface area contributed by atoms with Crippen LogP contribution in [-0.2, 0) is 14.4 Å². The fourth-order valence-corrected chi connectivity index (χ4v) is 3.42. The zero-order chi connectivity index (χ0) is 23.6. The molecule has 1 heterocycles. The van der Waals surface area contributed by atoms with Crippen molar-refractivity contribution in [2.24, 2.45) is 0 Å². The Labute approximate surface area is 192 Å². The third kappa shape index (κ3) is 4.53. The number of imide groups is 2. The maximum atomic E-state index is 13.1. The predicted octanol–water partition coefficient (Wildman–Crippen LogP) is 3.44. The van der Waals surface area contributed by atoms with Gasteiger partial charge in [-0.25, -0.2) is 14.5 Å². The van der Waals surface area contributed by atoms with Crippen molar-refractivity contribution >= 4 is 58.8 Å². The van der Waals surface area contributed by atoms with Crippen LogP contribution in [0.2, 0.25) is 10.0 Å². The number of aliphatic carboxylic acids is 1. The second kappa shape index (κ2) is 9.29. The summed E-state index contributed by atoms with van der Waals surface area (Å²) in [5, 5.41) is 11.3. The van der Waals surface area contributed by atoms with Crippen molar-refractivity contribution in [2.75, 3.05) is 18.6 Å². The molecule has 1 aliphatic rings. The molecule has 0 spiro atoms. The third-order valence-corrected chi connectivity index (χ3v) is 5.17. The number of carbonyl (C=O) groups is 4. The summed E-state index contributed by atoms with van der Waals surface area (Å²) in [7, 11) is 1.32. The number of nitrogens with zero attached hydrogens (tertiary/aromatic N) is 1. The number of ether oxygens (including phenoxy) is 2. The van der Waals surface area contributed by atoms with Crippen LogP contribution in [-0.4, -0.2) is 42.6 Å². The minimum atomic E-state index is -1.21. The van der Waals surface area contributed by atoms with E-state index in [-0.39, 0.29) is 33.3 Å². The van der Waals surface area contributed by atoms with Crippen molar-refractivity contribution in [3.63, 3.8) is 0 Å². The van der Waals surface area contributed by atoms with Crippen LogP contribution in [0, 0.1) is 6.92 Å². The number of methoxy groups -OCH3 is 1. The smallest absolute Gasteiger partial charge is 0.341 e. The number of urea groups is 1. The Kier molecular flexibility index (Phi) is 6.71. The molecule has 11 heteroatoms. The number of nitrogens with one attached hydrogen (secondary N) is 1. The Morgan fingerprint density at radius 2 is 1.91 bits per heavy atom. The average molecular weight is 479 g/mol. The van der Waals surface area contributed by atoms with Gasteiger partial charge >= 0.3 is 12.0 Å². The molecule has 1 saturated heterocycles. The Hall–Kier alpha value is -3.56. The summed E-state index contributed by atoms with van der Waals surface area (Å²) in [6.07, 6.45) is 1.23. The number of benzene rings is 2. The molecule has 1 fully saturated rings. The normalized spacial score (nSPS) is 15.1. The molecule has 0 saturated carbocycles. The number of amides is 4. The van der Waals surface area contributed by atoms with Gasteiger partial charge in [0, 0.05) is 5.02 Å². The molecule has 0 atom stereocenters. The number of carboxylic acid groups (broad SMARTS) is 1. The van der Waals surface area contributed by atoms with Crippen molar-refractivity contribution in [3.8, 4) is 11.5 Å². The van der Waals surface area contributed by atoms with Crippen molar-refractivity contribution in [1.29, 1.82) is 0 Å². The van der Waals surface area contributed by atoms with Crippen molar-refractivity contribution < 1.29 is 33.8 Å². The molecule has 9 nitrogen and oxygen atoms in total. The largest absolute Gasteiger partial charge is 0.493 e. The maximum Gasteiger partial charge on any atom is 0.341 e. The zero-order valence-electron chi connectivity index (χ0n) is 16.8. The molecule has 32 heavy (non-hydrogen) atoms. The average Bonchev–Trinajstić information content (AvgIpc) is 2.72. The standard InChI is InChI=1S/C21H16Cl2N2O7/c1-10-13(22)4-3-5-15(10)25-20(29)12(19(28)24-21(25)30)6-11-7-14(23)18(16(8-11)31-2)32-9-17(26)27/h3-8H,9H2,1-2H3,(H,26,27)(H,24,28,30)/b12-6+. The van der Waals surface area contributed by atoms with Crippen LogP contribution in [0.5, 0.6) is 11.5 Å². The third-order valence-electron chi connectivity index (χ3n) is 4.48. The number of barbiturate groups is 1. The number of hydrogen-bond acceptors (Lipinski definition) is 6. The first-order chi connectivity index (χ1) is 15.1. The monoisotopic (exact) mass is 478 g/mol. The van der Waals surface area contributed by atoms with Gasteiger partial charge in [-0.1, -0.05) is 29.3 Å². The van der Waals surface area contributed by atoms with E-state index >= 15 is 0 Å². The van der Waals surface area contributed by atoms with Crippen LogP contribution >= 0.6 is 23.2 Å². The second-order valence-electron chi connectivity index (χ2n) is 6.56. The molecular weight excluding hydrogens is 463 g/mol. The summed E-state index contributed by atoms with van der Waals surface area (Å²) in [5.74, 6) is -2.88. The van der Waals surface area contributed by atoms with Gasteiger partial charge in [-0.05, 0) is 48.4 Å². The topological polar surface area (TPSA) is 122 Å². The lowest BCUT2D eigenvalue weighted by molar-refractivity contribution is -0.139. The van der Waals surface area contributed by atoms with E-state index in [1.807, 2.05) is 0 Å². The lowest BCUT2D eigenvalue weighted by atomic mass is 10.1. The van der Waals surface area contributed by atoms with Gasteiger partial charge in [0.2, 0.25) is 0 Å². The van der Waals surface area contributed by atoms with Crippen molar-refractivity contribution in [3.05, 3.63) is 57.1 Å². The minimum absolute atomic E-state index is 0.000246. The molecule has 2 aromatic carbocycles. The highest BCUT2D eigenvalue weighted by atomic mass is 35.5. The van der Waals surface area contributed by atoms with E-state index in [1.165, 1.54) is 31.4 Å². The number of halogens is 2. The fourth-order valence-electron chi connectivity index (χ4n) is 2.98. The number of anilines is 1. The van der Waals surface area contributed by atoms with Gasteiger partial charge in [0.15, 0.2) is 18.1 Å². The molecule has 1 aliphatic heterocycles. The van der Waals surface area contributed by atoms with Crippen LogP contribution in [0.25, 0.3) is 6.08 Å². The van der Waals surface area contributed by atoms with Gasteiger partial charge in [0.05, 0.1) is 17.8 Å². The molecule has 0 aromatic heterocycles. The highest BCUT2D eigenvalue weighted by molar-refractivity contribution is 6.40. The quantitative estimate of drug-likeness (QED) is 0.481. The molecule has 2 aromatic rings. The SMILES string of the molecule is COc1cc(/C=C2\C(=O)NC(=O)N(c3cccc(Cl)c3C)C2=O)cc(Cl)c1OCC(=O)O. The Morgan fingerprint density at radius 1 is 1.19 bits per heavy atom. The summed E-state index contributed by atoms with van der Waals surface area (Å²) in [6.45, 7) is 0.992. The predicted molar refractivity (Wildman–Crippen MR) is 116 cm³/mol. The van der Waals surface area contributed by atoms with Crippen molar-refractivity contribution in [2.45, 2.75) is 6.92 Å². The minimum Gasteiger partial charge on any atom is -0.493 e. The van der Waals surface area contributed by atoms with Gasteiger partial charge in [0.1, 0.15) is 5.57 Å². The van der Waals surface area contributed by atoms with Gasteiger partial charge in [-0.2, -0.15) is 0 Å². The number of hydrogen-bond donors (Lipinski definition) is 2. The summed E-state index contributed by atoms with van der Waals surface area (Å²) >= 11 is 12.3. The van der Waals surface area contributed by atoms with E-state index in [0.29, 0.717) is 10.6 Å². The molecule has 0 unspecified atom stereocenters. The van der Waals surface area contributed by atoms with Crippen LogP contribution in [0.4, 0.5) is 10.5 Å². The van der Waals surface area contributed by atoms with E-state index in [1.54, 1.807) is 19.1 Å². The number of carbonyl (C=O) groups excluding carboxylic acids is 3. The van der Waals surface area contributed by atoms with Crippen LogP contribution in [0.1, 0.15) is 11.1 Å². The van der Waals surface area contributed by atoms with Gasteiger partial charge in [-0.3, -0.25) is 14.9 Å². The number of rotatable bonds is 6. The molecule has 0 aliphatic carbocycles. The van der Waals surface area contributed by atoms with Crippen LogP contribution in [0.15, 0.2) is 35.9 Å². The van der Waals surface area contributed by atoms with Crippen LogP contribution < -0.4 is 19.7 Å². The van der Waals surface area contributed by atoms with Crippen LogP contribution in [0.3, 0.4) is 0 Å². The fraction of sp³-hybridized carbons (Fsp3) is 0.143. The maximum absolute atomic E-state index is 13.1. The lowest BCUT2D eigenvalue weighted by Crippen LogP contribution is -2.54. The van der Waals surface area contributed by atoms with Gasteiger partial charge in [-0.15, -0.1) is 0 Å². The first kappa shape index (κ1) is 23.1. The van der Waals surface area contributed by atoms with E-state index < -0.39 is 30.4 Å². The molecule has 166 valence electrons. The Bertz CT molecular complexity index is 1180. The second-order valence-corrected chi connectivity index (χ2v) is 7.37. The van der Waals surface area contributed by atoms with E-state index in [0.717, 1.165) is 4.90 Å². The van der Waals surface area contributed by atoms with Crippen molar-refractivity contribution in [1.82, 2.24) is 5.32 Å². The molecule has 0 bridgehead atoms. The molecule has 3 rings (SSSR count). The van der Waals surface area contributed by atoms with E-state index in [2.05, 4.69) is 5.32 Å². The van der Waals surface area contributed by atoms with Gasteiger partial charge < -0.3 is 14.6 Å².